The lowest BCUT2D eigenvalue weighted by Gasteiger charge is -2.15. The molecule has 0 aromatic rings. The van der Waals surface area contributed by atoms with Crippen molar-refractivity contribution in [2.45, 2.75) is 38.7 Å². The summed E-state index contributed by atoms with van der Waals surface area (Å²) in [7, 11) is 0. The first-order chi connectivity index (χ1) is 5.49. The lowest BCUT2D eigenvalue weighted by Crippen LogP contribution is -2.21. The Morgan fingerprint density at radius 2 is 2.25 bits per heavy atom. The van der Waals surface area contributed by atoms with Gasteiger partial charge < -0.3 is 15.2 Å². The summed E-state index contributed by atoms with van der Waals surface area (Å²) < 4.78 is 10.9. The maximum Gasteiger partial charge on any atom is 0.163 e. The van der Waals surface area contributed by atoms with Crippen molar-refractivity contribution in [3.63, 3.8) is 0 Å². The molecule has 0 spiro atoms. The van der Waals surface area contributed by atoms with Crippen molar-refractivity contribution in [3.05, 3.63) is 12.2 Å². The van der Waals surface area contributed by atoms with Crippen LogP contribution in [0.15, 0.2) is 12.2 Å². The lowest BCUT2D eigenvalue weighted by molar-refractivity contribution is -0.133. The monoisotopic (exact) mass is 171 g/mol. The van der Waals surface area contributed by atoms with Crippen molar-refractivity contribution in [3.8, 4) is 0 Å². The van der Waals surface area contributed by atoms with Crippen LogP contribution >= 0.6 is 0 Å². The van der Waals surface area contributed by atoms with E-state index < -0.39 is 5.79 Å². The van der Waals surface area contributed by atoms with Crippen molar-refractivity contribution in [1.82, 2.24) is 0 Å². The van der Waals surface area contributed by atoms with E-state index in [4.69, 9.17) is 15.2 Å². The van der Waals surface area contributed by atoms with E-state index in [-0.39, 0.29) is 12.1 Å². The van der Waals surface area contributed by atoms with Crippen molar-refractivity contribution in [1.29, 1.82) is 0 Å². The van der Waals surface area contributed by atoms with Crippen LogP contribution in [0.5, 0.6) is 0 Å². The quantitative estimate of drug-likeness (QED) is 0.631. The third-order valence-corrected chi connectivity index (χ3v) is 1.66. The van der Waals surface area contributed by atoms with E-state index in [0.717, 1.165) is 0 Å². The summed E-state index contributed by atoms with van der Waals surface area (Å²) in [6.45, 7) is 6.37. The zero-order chi connectivity index (χ0) is 9.19. The van der Waals surface area contributed by atoms with Gasteiger partial charge in [-0.3, -0.25) is 0 Å². The van der Waals surface area contributed by atoms with Crippen molar-refractivity contribution < 1.29 is 9.47 Å². The number of ether oxygens (including phenoxy) is 2. The smallest absolute Gasteiger partial charge is 0.163 e. The van der Waals surface area contributed by atoms with Crippen LogP contribution in [0.1, 0.15) is 20.8 Å². The fourth-order valence-corrected chi connectivity index (χ4v) is 1.11. The molecule has 2 atom stereocenters. The molecule has 0 aromatic carbocycles. The van der Waals surface area contributed by atoms with Crippen LogP contribution in [0.3, 0.4) is 0 Å². The van der Waals surface area contributed by atoms with Gasteiger partial charge >= 0.3 is 0 Å². The van der Waals surface area contributed by atoms with Gasteiger partial charge in [0.2, 0.25) is 0 Å². The average molecular weight is 171 g/mol. The van der Waals surface area contributed by atoms with E-state index in [1.54, 1.807) is 0 Å². The molecule has 0 radical (unpaired) electrons. The van der Waals surface area contributed by atoms with Crippen molar-refractivity contribution in [2.24, 2.45) is 5.73 Å². The fraction of sp³-hybridized carbons (Fsp3) is 0.778. The minimum atomic E-state index is -0.438. The van der Waals surface area contributed by atoms with E-state index in [9.17, 15) is 0 Å². The molecule has 0 saturated carbocycles. The molecular formula is C9H17NO2. The van der Waals surface area contributed by atoms with Gasteiger partial charge in [-0.1, -0.05) is 12.2 Å². The van der Waals surface area contributed by atoms with Crippen LogP contribution < -0.4 is 5.73 Å². The maximum absolute atomic E-state index is 5.55. The highest BCUT2D eigenvalue weighted by Crippen LogP contribution is 2.22. The third-order valence-electron chi connectivity index (χ3n) is 1.66. The Morgan fingerprint density at radius 1 is 1.58 bits per heavy atom. The molecule has 2 N–H and O–H groups in total. The average Bonchev–Trinajstić information content (AvgIpc) is 2.26. The molecule has 1 aliphatic rings. The minimum Gasteiger partial charge on any atom is -0.347 e. The van der Waals surface area contributed by atoms with Crippen LogP contribution in [-0.4, -0.2) is 24.5 Å². The molecule has 2 unspecified atom stereocenters. The molecule has 1 aliphatic heterocycles. The largest absolute Gasteiger partial charge is 0.347 e. The van der Waals surface area contributed by atoms with Gasteiger partial charge in [-0.15, -0.1) is 0 Å². The first-order valence-electron chi connectivity index (χ1n) is 4.25. The van der Waals surface area contributed by atoms with Gasteiger partial charge in [0.1, 0.15) is 6.10 Å². The molecule has 1 rings (SSSR count). The first kappa shape index (κ1) is 9.71. The van der Waals surface area contributed by atoms with Gasteiger partial charge in [0.05, 0.1) is 6.61 Å². The number of rotatable bonds is 2. The predicted molar refractivity (Wildman–Crippen MR) is 47.7 cm³/mol. The van der Waals surface area contributed by atoms with Gasteiger partial charge in [-0.05, 0) is 20.8 Å². The Labute approximate surface area is 73.5 Å². The van der Waals surface area contributed by atoms with Crippen molar-refractivity contribution >= 4 is 0 Å². The molecule has 3 heteroatoms. The molecule has 70 valence electrons. The molecule has 3 nitrogen and oxygen atoms in total. The number of nitrogens with two attached hydrogens (primary N) is 1. The molecule has 1 heterocycles. The second-order valence-electron chi connectivity index (χ2n) is 3.61. The minimum absolute atomic E-state index is 0.0611. The predicted octanol–water partition coefficient (Wildman–Crippen LogP) is 1.04. The zero-order valence-corrected chi connectivity index (χ0v) is 7.91. The molecule has 0 bridgehead atoms. The number of hydrogen-bond donors (Lipinski definition) is 1. The van der Waals surface area contributed by atoms with Crippen LogP contribution in [0, 0.1) is 0 Å². The highest BCUT2D eigenvalue weighted by atomic mass is 16.7. The molecule has 0 aromatic heterocycles. The fourth-order valence-electron chi connectivity index (χ4n) is 1.11. The third kappa shape index (κ3) is 2.93. The second kappa shape index (κ2) is 3.56. The summed E-state index contributed by atoms with van der Waals surface area (Å²) >= 11 is 0. The summed E-state index contributed by atoms with van der Waals surface area (Å²) in [5.74, 6) is -0.438. The van der Waals surface area contributed by atoms with Crippen LogP contribution in [0.4, 0.5) is 0 Å². The van der Waals surface area contributed by atoms with E-state index in [1.807, 2.05) is 32.9 Å². The standard InChI is InChI=1S/C9H17NO2/c1-7(10)4-5-8-6-11-9(2,3)12-8/h4-5,7-8H,6,10H2,1-3H3/b5-4+. The van der Waals surface area contributed by atoms with E-state index >= 15 is 0 Å². The Hall–Kier alpha value is -0.380. The van der Waals surface area contributed by atoms with Crippen LogP contribution in [0.25, 0.3) is 0 Å². The SMILES string of the molecule is CC(N)/C=C/C1COC(C)(C)O1. The van der Waals surface area contributed by atoms with Crippen LogP contribution in [0.2, 0.25) is 0 Å². The zero-order valence-electron chi connectivity index (χ0n) is 7.91. The van der Waals surface area contributed by atoms with Gasteiger partial charge in [-0.25, -0.2) is 0 Å². The van der Waals surface area contributed by atoms with Gasteiger partial charge in [-0.2, -0.15) is 0 Å². The van der Waals surface area contributed by atoms with E-state index in [1.165, 1.54) is 0 Å². The maximum atomic E-state index is 5.55. The second-order valence-corrected chi connectivity index (χ2v) is 3.61. The summed E-state index contributed by atoms with van der Waals surface area (Å²) in [4.78, 5) is 0. The molecule has 0 aliphatic carbocycles. The molecule has 0 amide bonds. The lowest BCUT2D eigenvalue weighted by atomic mass is 10.2. The molecule has 1 saturated heterocycles. The van der Waals surface area contributed by atoms with Crippen molar-refractivity contribution in [2.75, 3.05) is 6.61 Å². The number of hydrogen-bond acceptors (Lipinski definition) is 3. The Bertz CT molecular complexity index is 175. The summed E-state index contributed by atoms with van der Waals surface area (Å²) in [5.41, 5.74) is 5.55. The summed E-state index contributed by atoms with van der Waals surface area (Å²) in [6, 6.07) is 0.0808. The van der Waals surface area contributed by atoms with Crippen LogP contribution in [-0.2, 0) is 9.47 Å². The van der Waals surface area contributed by atoms with Gasteiger partial charge in [0.25, 0.3) is 0 Å². The normalized spacial score (nSPS) is 31.2. The highest BCUT2D eigenvalue weighted by molar-refractivity contribution is 4.96. The highest BCUT2D eigenvalue weighted by Gasteiger charge is 2.30. The van der Waals surface area contributed by atoms with Gasteiger partial charge in [0, 0.05) is 6.04 Å². The first-order valence-corrected chi connectivity index (χ1v) is 4.25. The molecule has 12 heavy (non-hydrogen) atoms. The van der Waals surface area contributed by atoms with E-state index in [2.05, 4.69) is 0 Å². The van der Waals surface area contributed by atoms with E-state index in [0.29, 0.717) is 6.61 Å². The molecule has 1 fully saturated rings. The Balaban J connectivity index is 2.38. The summed E-state index contributed by atoms with van der Waals surface area (Å²) in [6.07, 6.45) is 3.94. The summed E-state index contributed by atoms with van der Waals surface area (Å²) in [5, 5.41) is 0. The Morgan fingerprint density at radius 3 is 2.67 bits per heavy atom. The van der Waals surface area contributed by atoms with Gasteiger partial charge in [0.15, 0.2) is 5.79 Å². The molecular weight excluding hydrogens is 154 g/mol. The topological polar surface area (TPSA) is 44.5 Å². The Kier molecular flexibility index (Phi) is 2.88.